The van der Waals surface area contributed by atoms with E-state index in [1.54, 1.807) is 36.8 Å². The number of amides is 1. The smallest absolute Gasteiger partial charge is 0.255 e. The molecule has 0 saturated carbocycles. The number of phenolic OH excluding ortho intramolecular Hbond substituents is 1. The van der Waals surface area contributed by atoms with Crippen molar-refractivity contribution in [2.75, 3.05) is 18.5 Å². The van der Waals surface area contributed by atoms with Gasteiger partial charge in [0.15, 0.2) is 11.5 Å². The molecule has 1 aromatic carbocycles. The van der Waals surface area contributed by atoms with Gasteiger partial charge >= 0.3 is 0 Å². The zero-order chi connectivity index (χ0) is 18.7. The van der Waals surface area contributed by atoms with Gasteiger partial charge in [0.05, 0.1) is 24.1 Å². The number of phenols is 1. The highest BCUT2D eigenvalue weighted by atomic mass is 16.3. The van der Waals surface area contributed by atoms with Gasteiger partial charge in [0.2, 0.25) is 0 Å². The monoisotopic (exact) mass is 355 g/mol. The summed E-state index contributed by atoms with van der Waals surface area (Å²) in [6, 6.07) is 4.88. The highest BCUT2D eigenvalue weighted by molar-refractivity contribution is 5.97. The van der Waals surface area contributed by atoms with Gasteiger partial charge in [0.1, 0.15) is 5.75 Å². The van der Waals surface area contributed by atoms with Crippen LogP contribution in [0.2, 0.25) is 0 Å². The topological polar surface area (TPSA) is 112 Å². The Morgan fingerprint density at radius 1 is 1.31 bits per heavy atom. The van der Waals surface area contributed by atoms with Crippen LogP contribution in [0.3, 0.4) is 0 Å². The molecule has 136 valence electrons. The summed E-state index contributed by atoms with van der Waals surface area (Å²) < 4.78 is 1.83. The third kappa shape index (κ3) is 3.45. The quantitative estimate of drug-likeness (QED) is 0.535. The molecule has 0 unspecified atom stereocenters. The summed E-state index contributed by atoms with van der Waals surface area (Å²) in [6.07, 6.45) is 5.06. The minimum absolute atomic E-state index is 0.00985. The molecule has 26 heavy (non-hydrogen) atoms. The van der Waals surface area contributed by atoms with Crippen molar-refractivity contribution < 1.29 is 15.0 Å². The Morgan fingerprint density at radius 2 is 2.12 bits per heavy atom. The van der Waals surface area contributed by atoms with E-state index < -0.39 is 0 Å². The maximum absolute atomic E-state index is 12.1. The highest BCUT2D eigenvalue weighted by Crippen LogP contribution is 2.28. The normalized spacial score (nSPS) is 11.1. The number of hydrogen-bond acceptors (Lipinski definition) is 6. The maximum Gasteiger partial charge on any atom is 0.255 e. The van der Waals surface area contributed by atoms with Crippen LogP contribution in [-0.2, 0) is 0 Å². The molecular formula is C18H21N5O3. The number of benzene rings is 1. The largest absolute Gasteiger partial charge is 0.507 e. The van der Waals surface area contributed by atoms with E-state index >= 15 is 0 Å². The summed E-state index contributed by atoms with van der Waals surface area (Å²) in [5.74, 6) is 0.148. The van der Waals surface area contributed by atoms with Gasteiger partial charge in [-0.05, 0) is 26.0 Å². The first-order valence-electron chi connectivity index (χ1n) is 8.32. The predicted molar refractivity (Wildman–Crippen MR) is 98.3 cm³/mol. The highest BCUT2D eigenvalue weighted by Gasteiger charge is 2.15. The van der Waals surface area contributed by atoms with Crippen LogP contribution in [0.1, 0.15) is 24.2 Å². The van der Waals surface area contributed by atoms with Crippen molar-refractivity contribution in [2.24, 2.45) is 0 Å². The van der Waals surface area contributed by atoms with Crippen molar-refractivity contribution in [3.8, 4) is 17.0 Å². The fourth-order valence-electron chi connectivity index (χ4n) is 2.65. The van der Waals surface area contributed by atoms with E-state index in [0.29, 0.717) is 18.0 Å². The molecule has 4 N–H and O–H groups in total. The van der Waals surface area contributed by atoms with Crippen molar-refractivity contribution in [1.29, 1.82) is 0 Å². The number of aromatic nitrogens is 3. The van der Waals surface area contributed by atoms with E-state index in [4.69, 9.17) is 5.11 Å². The standard InChI is InChI=1S/C18H21N5O3/c1-11(2)22-18(26)13-4-3-12(9-15(13)25)14-10-21-17-16(20-6-8-24)19-5-7-23(14)17/h3-5,7,9-11,24-25H,6,8H2,1-2H3,(H,19,20)(H,22,26). The van der Waals surface area contributed by atoms with Crippen LogP contribution >= 0.6 is 0 Å². The van der Waals surface area contributed by atoms with E-state index in [0.717, 1.165) is 11.3 Å². The second-order valence-corrected chi connectivity index (χ2v) is 6.12. The molecule has 2 aromatic heterocycles. The molecule has 0 aliphatic heterocycles. The number of imidazole rings is 1. The Morgan fingerprint density at radius 3 is 2.81 bits per heavy atom. The van der Waals surface area contributed by atoms with Gasteiger partial charge in [-0.3, -0.25) is 9.20 Å². The maximum atomic E-state index is 12.1. The number of aromatic hydroxyl groups is 1. The molecule has 0 radical (unpaired) electrons. The molecule has 3 aromatic rings. The lowest BCUT2D eigenvalue weighted by Crippen LogP contribution is -2.30. The lowest BCUT2D eigenvalue weighted by atomic mass is 10.1. The van der Waals surface area contributed by atoms with Crippen molar-refractivity contribution in [2.45, 2.75) is 19.9 Å². The number of hydrogen-bond donors (Lipinski definition) is 4. The number of fused-ring (bicyclic) bond motifs is 1. The minimum Gasteiger partial charge on any atom is -0.507 e. The molecule has 0 bridgehead atoms. The van der Waals surface area contributed by atoms with Crippen LogP contribution in [0.4, 0.5) is 5.82 Å². The predicted octanol–water partition coefficient (Wildman–Crippen LogP) is 1.64. The Bertz CT molecular complexity index is 936. The number of anilines is 1. The van der Waals surface area contributed by atoms with Gasteiger partial charge in [-0.15, -0.1) is 0 Å². The zero-order valence-electron chi connectivity index (χ0n) is 14.6. The van der Waals surface area contributed by atoms with Crippen molar-refractivity contribution in [1.82, 2.24) is 19.7 Å². The molecule has 0 spiro atoms. The van der Waals surface area contributed by atoms with Crippen LogP contribution in [0.5, 0.6) is 5.75 Å². The number of nitrogens with zero attached hydrogens (tertiary/aromatic N) is 3. The van der Waals surface area contributed by atoms with Gasteiger partial charge < -0.3 is 20.8 Å². The average molecular weight is 355 g/mol. The molecule has 1 amide bonds. The number of aliphatic hydroxyl groups is 1. The zero-order valence-corrected chi connectivity index (χ0v) is 14.6. The SMILES string of the molecule is CC(C)NC(=O)c1ccc(-c2cnc3c(NCCO)nccn23)cc1O. The lowest BCUT2D eigenvalue weighted by molar-refractivity contribution is 0.0940. The number of aliphatic hydroxyl groups excluding tert-OH is 1. The molecule has 0 atom stereocenters. The van der Waals surface area contributed by atoms with Crippen LogP contribution in [0.15, 0.2) is 36.8 Å². The molecular weight excluding hydrogens is 334 g/mol. The number of rotatable bonds is 6. The van der Waals surface area contributed by atoms with Crippen LogP contribution in [-0.4, -0.2) is 49.7 Å². The van der Waals surface area contributed by atoms with Gasteiger partial charge in [0, 0.05) is 30.5 Å². The summed E-state index contributed by atoms with van der Waals surface area (Å²) >= 11 is 0. The Labute approximate surface area is 150 Å². The Hall–Kier alpha value is -3.13. The fraction of sp³-hybridized carbons (Fsp3) is 0.278. The molecule has 2 heterocycles. The Balaban J connectivity index is 1.97. The first kappa shape index (κ1) is 17.7. The number of carbonyl (C=O) groups is 1. The van der Waals surface area contributed by atoms with Gasteiger partial charge in [-0.25, -0.2) is 9.97 Å². The van der Waals surface area contributed by atoms with Gasteiger partial charge in [-0.2, -0.15) is 0 Å². The third-order valence-corrected chi connectivity index (χ3v) is 3.79. The van der Waals surface area contributed by atoms with Gasteiger partial charge in [-0.1, -0.05) is 6.07 Å². The summed E-state index contributed by atoms with van der Waals surface area (Å²) in [4.78, 5) is 20.7. The molecule has 0 aliphatic carbocycles. The van der Waals surface area contributed by atoms with E-state index in [1.807, 2.05) is 18.2 Å². The lowest BCUT2D eigenvalue weighted by Gasteiger charge is -2.11. The first-order valence-corrected chi connectivity index (χ1v) is 8.32. The van der Waals surface area contributed by atoms with Crippen LogP contribution in [0.25, 0.3) is 16.9 Å². The molecule has 0 fully saturated rings. The fourth-order valence-corrected chi connectivity index (χ4v) is 2.65. The average Bonchev–Trinajstić information content (AvgIpc) is 3.03. The summed E-state index contributed by atoms with van der Waals surface area (Å²) in [5.41, 5.74) is 2.30. The van der Waals surface area contributed by atoms with Crippen LogP contribution < -0.4 is 10.6 Å². The Kier molecular flexibility index (Phi) is 5.04. The van der Waals surface area contributed by atoms with E-state index in [9.17, 15) is 9.90 Å². The summed E-state index contributed by atoms with van der Waals surface area (Å²) in [7, 11) is 0. The van der Waals surface area contributed by atoms with Crippen molar-refractivity contribution in [3.05, 3.63) is 42.4 Å². The van der Waals surface area contributed by atoms with E-state index in [2.05, 4.69) is 20.6 Å². The number of nitrogens with one attached hydrogen (secondary N) is 2. The second kappa shape index (κ2) is 7.40. The minimum atomic E-state index is -0.318. The van der Waals surface area contributed by atoms with Gasteiger partial charge in [0.25, 0.3) is 5.91 Å². The first-order chi connectivity index (χ1) is 12.5. The van der Waals surface area contributed by atoms with Crippen molar-refractivity contribution >= 4 is 17.4 Å². The second-order valence-electron chi connectivity index (χ2n) is 6.12. The molecule has 3 rings (SSSR count). The van der Waals surface area contributed by atoms with E-state index in [1.165, 1.54) is 0 Å². The van der Waals surface area contributed by atoms with E-state index in [-0.39, 0.29) is 29.9 Å². The third-order valence-electron chi connectivity index (χ3n) is 3.79. The van der Waals surface area contributed by atoms with Crippen molar-refractivity contribution in [3.63, 3.8) is 0 Å². The summed E-state index contributed by atoms with van der Waals surface area (Å²) in [6.45, 7) is 4.08. The van der Waals surface area contributed by atoms with Crippen LogP contribution in [0, 0.1) is 0 Å². The summed E-state index contributed by atoms with van der Waals surface area (Å²) in [5, 5.41) is 25.0. The molecule has 8 nitrogen and oxygen atoms in total. The molecule has 0 aliphatic rings. The molecule has 8 heteroatoms. The number of carbonyl (C=O) groups excluding carboxylic acids is 1. The molecule has 0 saturated heterocycles.